The number of nitrogens with zero attached hydrogens (tertiary/aromatic N) is 4. The minimum Gasteiger partial charge on any atom is -0.312 e. The number of aryl methyl sites for hydroxylation is 2. The summed E-state index contributed by atoms with van der Waals surface area (Å²) in [7, 11) is 1.91. The molecule has 0 aliphatic rings. The molecule has 0 N–H and O–H groups in total. The van der Waals surface area contributed by atoms with E-state index in [4.69, 9.17) is 0 Å². The summed E-state index contributed by atoms with van der Waals surface area (Å²) in [5, 5.41) is 4.17. The van der Waals surface area contributed by atoms with Crippen molar-refractivity contribution < 1.29 is 0 Å². The van der Waals surface area contributed by atoms with Gasteiger partial charge in [0.15, 0.2) is 0 Å². The smallest absolute Gasteiger partial charge is 0.0887 e. The zero-order valence-electron chi connectivity index (χ0n) is 9.25. The standard InChI is InChI=1S/C12H12N4/c1-9-3-4-12-11(14-9)5-6-16(12)10-7-13-15(2)8-10/h3-8H,1-2H3. The Labute approximate surface area is 93.1 Å². The van der Waals surface area contributed by atoms with Gasteiger partial charge < -0.3 is 4.57 Å². The lowest BCUT2D eigenvalue weighted by atomic mass is 10.3. The molecule has 3 rings (SSSR count). The Morgan fingerprint density at radius 2 is 2.06 bits per heavy atom. The third-order valence-electron chi connectivity index (χ3n) is 2.65. The van der Waals surface area contributed by atoms with Crippen molar-refractivity contribution in [1.29, 1.82) is 0 Å². The van der Waals surface area contributed by atoms with E-state index in [1.807, 2.05) is 44.7 Å². The number of aromatic nitrogens is 4. The SMILES string of the molecule is Cc1ccc2c(ccn2-c2cnn(C)c2)n1. The van der Waals surface area contributed by atoms with Gasteiger partial charge in [-0.25, -0.2) is 0 Å². The molecule has 0 unspecified atom stereocenters. The van der Waals surface area contributed by atoms with Gasteiger partial charge in [-0.05, 0) is 25.1 Å². The molecule has 0 radical (unpaired) electrons. The first-order valence-corrected chi connectivity index (χ1v) is 5.18. The fourth-order valence-corrected chi connectivity index (χ4v) is 1.88. The van der Waals surface area contributed by atoms with Crippen molar-refractivity contribution in [2.75, 3.05) is 0 Å². The molecule has 4 heteroatoms. The average molecular weight is 212 g/mol. The molecule has 0 atom stereocenters. The summed E-state index contributed by atoms with van der Waals surface area (Å²) >= 11 is 0. The zero-order chi connectivity index (χ0) is 11.1. The van der Waals surface area contributed by atoms with Crippen LogP contribution >= 0.6 is 0 Å². The lowest BCUT2D eigenvalue weighted by molar-refractivity contribution is 0.767. The maximum absolute atomic E-state index is 4.48. The molecule has 0 aliphatic carbocycles. The molecule has 0 spiro atoms. The zero-order valence-corrected chi connectivity index (χ0v) is 9.25. The van der Waals surface area contributed by atoms with Gasteiger partial charge in [-0.3, -0.25) is 9.67 Å². The van der Waals surface area contributed by atoms with Crippen LogP contribution in [0.2, 0.25) is 0 Å². The van der Waals surface area contributed by atoms with Crippen LogP contribution in [0, 0.1) is 6.92 Å². The Morgan fingerprint density at radius 1 is 1.19 bits per heavy atom. The first kappa shape index (κ1) is 9.15. The Bertz CT molecular complexity index is 648. The Hall–Kier alpha value is -2.10. The number of fused-ring (bicyclic) bond motifs is 1. The molecular weight excluding hydrogens is 200 g/mol. The van der Waals surface area contributed by atoms with Crippen LogP contribution in [0.15, 0.2) is 36.8 Å². The van der Waals surface area contributed by atoms with Crippen LogP contribution < -0.4 is 0 Å². The van der Waals surface area contributed by atoms with Crippen LogP contribution in [0.5, 0.6) is 0 Å². The fourth-order valence-electron chi connectivity index (χ4n) is 1.88. The Balaban J connectivity index is 2.25. The first-order valence-electron chi connectivity index (χ1n) is 5.18. The van der Waals surface area contributed by atoms with Crippen molar-refractivity contribution in [2.24, 2.45) is 7.05 Å². The normalized spacial score (nSPS) is 11.1. The van der Waals surface area contributed by atoms with Gasteiger partial charge in [-0.2, -0.15) is 5.10 Å². The van der Waals surface area contributed by atoms with Crippen LogP contribution in [-0.2, 0) is 7.05 Å². The molecule has 80 valence electrons. The summed E-state index contributed by atoms with van der Waals surface area (Å²) in [4.78, 5) is 4.48. The van der Waals surface area contributed by atoms with Gasteiger partial charge in [0, 0.05) is 25.1 Å². The van der Waals surface area contributed by atoms with Crippen LogP contribution in [-0.4, -0.2) is 19.3 Å². The molecule has 0 fully saturated rings. The van der Waals surface area contributed by atoms with Gasteiger partial charge in [0.2, 0.25) is 0 Å². The van der Waals surface area contributed by atoms with Gasteiger partial charge in [-0.15, -0.1) is 0 Å². The van der Waals surface area contributed by atoms with E-state index >= 15 is 0 Å². The van der Waals surface area contributed by atoms with E-state index in [1.165, 1.54) is 0 Å². The predicted molar refractivity (Wildman–Crippen MR) is 62.6 cm³/mol. The van der Waals surface area contributed by atoms with Gasteiger partial charge >= 0.3 is 0 Å². The van der Waals surface area contributed by atoms with E-state index in [1.54, 1.807) is 4.68 Å². The summed E-state index contributed by atoms with van der Waals surface area (Å²) in [5.41, 5.74) is 4.22. The Kier molecular flexibility index (Phi) is 1.83. The highest BCUT2D eigenvalue weighted by molar-refractivity contribution is 5.77. The van der Waals surface area contributed by atoms with E-state index in [2.05, 4.69) is 20.7 Å². The highest BCUT2D eigenvalue weighted by Crippen LogP contribution is 2.18. The van der Waals surface area contributed by atoms with Crippen molar-refractivity contribution in [3.05, 3.63) is 42.5 Å². The second-order valence-electron chi connectivity index (χ2n) is 3.91. The summed E-state index contributed by atoms with van der Waals surface area (Å²) in [6.07, 6.45) is 5.85. The van der Waals surface area contributed by atoms with Crippen LogP contribution in [0.4, 0.5) is 0 Å². The Morgan fingerprint density at radius 3 is 2.81 bits per heavy atom. The fraction of sp³-hybridized carbons (Fsp3) is 0.167. The molecule has 0 saturated heterocycles. The van der Waals surface area contributed by atoms with Crippen LogP contribution in [0.3, 0.4) is 0 Å². The number of rotatable bonds is 1. The van der Waals surface area contributed by atoms with Crippen molar-refractivity contribution in [3.63, 3.8) is 0 Å². The summed E-state index contributed by atoms with van der Waals surface area (Å²) < 4.78 is 3.89. The summed E-state index contributed by atoms with van der Waals surface area (Å²) in [5.74, 6) is 0. The minimum absolute atomic E-state index is 1.02. The van der Waals surface area contributed by atoms with Crippen LogP contribution in [0.25, 0.3) is 16.7 Å². The molecule has 16 heavy (non-hydrogen) atoms. The van der Waals surface area contributed by atoms with Gasteiger partial charge in [0.05, 0.1) is 22.9 Å². The predicted octanol–water partition coefficient (Wildman–Crippen LogP) is 2.07. The largest absolute Gasteiger partial charge is 0.312 e. The number of hydrogen-bond acceptors (Lipinski definition) is 2. The molecule has 3 aromatic heterocycles. The lowest BCUT2D eigenvalue weighted by Gasteiger charge is -2.00. The molecule has 4 nitrogen and oxygen atoms in total. The molecule has 0 bridgehead atoms. The third kappa shape index (κ3) is 1.31. The monoisotopic (exact) mass is 212 g/mol. The molecule has 0 saturated carbocycles. The van der Waals surface area contributed by atoms with Gasteiger partial charge in [0.25, 0.3) is 0 Å². The van der Waals surface area contributed by atoms with E-state index in [-0.39, 0.29) is 0 Å². The summed E-state index contributed by atoms with van der Waals surface area (Å²) in [6, 6.07) is 6.13. The quantitative estimate of drug-likeness (QED) is 0.619. The van der Waals surface area contributed by atoms with E-state index in [0.717, 1.165) is 22.4 Å². The van der Waals surface area contributed by atoms with E-state index < -0.39 is 0 Å². The summed E-state index contributed by atoms with van der Waals surface area (Å²) in [6.45, 7) is 2.00. The van der Waals surface area contributed by atoms with E-state index in [0.29, 0.717) is 0 Å². The topological polar surface area (TPSA) is 35.6 Å². The second-order valence-corrected chi connectivity index (χ2v) is 3.91. The highest BCUT2D eigenvalue weighted by Gasteiger charge is 2.05. The molecular formula is C12H12N4. The molecule has 0 aliphatic heterocycles. The van der Waals surface area contributed by atoms with Crippen molar-refractivity contribution in [2.45, 2.75) is 6.92 Å². The van der Waals surface area contributed by atoms with Crippen molar-refractivity contribution >= 4 is 11.0 Å². The first-order chi connectivity index (χ1) is 7.74. The van der Waals surface area contributed by atoms with Gasteiger partial charge in [-0.1, -0.05) is 0 Å². The average Bonchev–Trinajstić information content (AvgIpc) is 2.83. The van der Waals surface area contributed by atoms with Gasteiger partial charge in [0.1, 0.15) is 0 Å². The van der Waals surface area contributed by atoms with Crippen LogP contribution in [0.1, 0.15) is 5.69 Å². The molecule has 3 heterocycles. The maximum Gasteiger partial charge on any atom is 0.0887 e. The highest BCUT2D eigenvalue weighted by atomic mass is 15.3. The molecule has 0 amide bonds. The molecule has 3 aromatic rings. The number of pyridine rings is 1. The maximum atomic E-state index is 4.48. The van der Waals surface area contributed by atoms with Crippen molar-refractivity contribution in [1.82, 2.24) is 19.3 Å². The minimum atomic E-state index is 1.02. The third-order valence-corrected chi connectivity index (χ3v) is 2.65. The lowest BCUT2D eigenvalue weighted by Crippen LogP contribution is -1.91. The second kappa shape index (κ2) is 3.20. The van der Waals surface area contributed by atoms with E-state index in [9.17, 15) is 0 Å². The van der Waals surface area contributed by atoms with Crippen molar-refractivity contribution in [3.8, 4) is 5.69 Å². The number of hydrogen-bond donors (Lipinski definition) is 0. The molecule has 0 aromatic carbocycles.